The molecule has 0 atom stereocenters. The summed E-state index contributed by atoms with van der Waals surface area (Å²) in [5.74, 6) is 0. The largest absolute Gasteiger partial charge is 0.565 e. The summed E-state index contributed by atoms with van der Waals surface area (Å²) in [6.45, 7) is 0. The molecule has 0 aliphatic rings. The molecule has 1 radical (unpaired) electrons. The van der Waals surface area contributed by atoms with Crippen LogP contribution in [0.15, 0.2) is 52.6 Å². The van der Waals surface area contributed by atoms with Gasteiger partial charge < -0.3 is 4.42 Å². The van der Waals surface area contributed by atoms with E-state index in [0.29, 0.717) is 0 Å². The van der Waals surface area contributed by atoms with Crippen molar-refractivity contribution >= 4 is 11.3 Å². The van der Waals surface area contributed by atoms with Crippen LogP contribution >= 0.6 is 11.3 Å². The molecule has 17 heavy (non-hydrogen) atoms. The first-order valence-electron chi connectivity index (χ1n) is 4.89. The monoisotopic (exact) mass is 419 g/mol. The van der Waals surface area contributed by atoms with Gasteiger partial charge >= 0.3 is 0 Å². The van der Waals surface area contributed by atoms with Gasteiger partial charge in [-0.05, 0) is 6.26 Å². The van der Waals surface area contributed by atoms with Crippen molar-refractivity contribution in [2.75, 3.05) is 0 Å². The van der Waals surface area contributed by atoms with Crippen molar-refractivity contribution in [2.24, 2.45) is 0 Å². The molecule has 1 aromatic carbocycles. The van der Waals surface area contributed by atoms with Gasteiger partial charge in [0, 0.05) is 43.0 Å². The summed E-state index contributed by atoms with van der Waals surface area (Å²) in [4.78, 5) is 4.27. The third kappa shape index (κ3) is 2.39. The van der Waals surface area contributed by atoms with Crippen molar-refractivity contribution in [3.05, 3.63) is 54.4 Å². The molecule has 0 aliphatic heterocycles. The van der Waals surface area contributed by atoms with E-state index >= 15 is 0 Å². The fraction of sp³-hybridized carbons (Fsp3) is 0. The predicted octanol–water partition coefficient (Wildman–Crippen LogP) is 3.87. The molecule has 3 rings (SSSR count). The van der Waals surface area contributed by atoms with Crippen LogP contribution in [0.5, 0.6) is 0 Å². The average molecular weight is 418 g/mol. The normalized spacial score (nSPS) is 9.88. The molecule has 2 nitrogen and oxygen atoms in total. The minimum atomic E-state index is 0. The van der Waals surface area contributed by atoms with Crippen LogP contribution in [0.4, 0.5) is 0 Å². The summed E-state index contributed by atoms with van der Waals surface area (Å²) in [5.41, 5.74) is 3.09. The molecule has 0 aliphatic carbocycles. The minimum absolute atomic E-state index is 0. The molecule has 2 heterocycles. The van der Waals surface area contributed by atoms with Gasteiger partial charge in [-0.3, -0.25) is 4.98 Å². The molecule has 3 aromatic rings. The number of benzene rings is 1. The first kappa shape index (κ1) is 12.2. The van der Waals surface area contributed by atoms with E-state index in [-0.39, 0.29) is 20.1 Å². The van der Waals surface area contributed by atoms with Gasteiger partial charge in [0.1, 0.15) is 0 Å². The molecule has 4 heteroatoms. The van der Waals surface area contributed by atoms with Crippen LogP contribution in [-0.2, 0) is 20.1 Å². The molecule has 0 saturated carbocycles. The van der Waals surface area contributed by atoms with E-state index in [9.17, 15) is 0 Å². The van der Waals surface area contributed by atoms with Gasteiger partial charge in [0.25, 0.3) is 0 Å². The summed E-state index contributed by atoms with van der Waals surface area (Å²) in [7, 11) is 0. The summed E-state index contributed by atoms with van der Waals surface area (Å²) < 4.78 is 5.17. The van der Waals surface area contributed by atoms with Crippen molar-refractivity contribution < 1.29 is 24.5 Å². The average Bonchev–Trinajstić information content (AvgIpc) is 3.01. The van der Waals surface area contributed by atoms with Crippen LogP contribution in [0.1, 0.15) is 0 Å². The van der Waals surface area contributed by atoms with Crippen molar-refractivity contribution in [3.8, 4) is 21.7 Å². The number of aromatic nitrogens is 1. The Balaban J connectivity index is 0.00000108. The van der Waals surface area contributed by atoms with Crippen LogP contribution < -0.4 is 0 Å². The zero-order valence-corrected chi connectivity index (χ0v) is 11.9. The third-order valence-corrected chi connectivity index (χ3v) is 3.13. The van der Waals surface area contributed by atoms with Gasteiger partial charge in [-0.1, -0.05) is 47.0 Å². The van der Waals surface area contributed by atoms with E-state index in [1.807, 2.05) is 23.6 Å². The molecule has 87 valence electrons. The number of rotatable bonds is 2. The standard InChI is InChI=1S/C13H8NOS.Ir/c1-2-4-10(5-3-1)11-8-15-9-12(11)13-14-6-7-16-13;/h1-8H;/q-1;. The molecule has 0 N–H and O–H groups in total. The van der Waals surface area contributed by atoms with E-state index in [1.165, 1.54) is 0 Å². The maximum Gasteiger partial charge on any atom is 0.0430 e. The summed E-state index contributed by atoms with van der Waals surface area (Å²) in [5, 5.41) is 2.89. The van der Waals surface area contributed by atoms with Crippen molar-refractivity contribution in [3.63, 3.8) is 0 Å². The smallest absolute Gasteiger partial charge is 0.0430 e. The molecule has 0 spiro atoms. The van der Waals surface area contributed by atoms with Crippen LogP contribution in [0.2, 0.25) is 0 Å². The second-order valence-electron chi connectivity index (χ2n) is 3.33. The van der Waals surface area contributed by atoms with E-state index in [0.717, 1.165) is 21.7 Å². The zero-order chi connectivity index (χ0) is 10.8. The molecule has 0 saturated heterocycles. The van der Waals surface area contributed by atoms with Crippen LogP contribution in [-0.4, -0.2) is 4.98 Å². The predicted molar refractivity (Wildman–Crippen MR) is 64.1 cm³/mol. The number of furan rings is 1. The van der Waals surface area contributed by atoms with E-state index in [4.69, 9.17) is 4.42 Å². The molecule has 0 bridgehead atoms. The van der Waals surface area contributed by atoms with Crippen LogP contribution in [0.3, 0.4) is 0 Å². The summed E-state index contributed by atoms with van der Waals surface area (Å²) in [6, 6.07) is 10.1. The van der Waals surface area contributed by atoms with Crippen LogP contribution in [0, 0.1) is 6.26 Å². The maximum atomic E-state index is 5.17. The summed E-state index contributed by atoms with van der Waals surface area (Å²) in [6.07, 6.45) is 6.38. The molecular formula is C13H8IrNOS-. The SMILES string of the molecule is [Ir].[c-]1occ(-c2ccccc2)c1-c1nccs1. The first-order valence-corrected chi connectivity index (χ1v) is 5.77. The second kappa shape index (κ2) is 5.41. The van der Waals surface area contributed by atoms with Gasteiger partial charge in [0.15, 0.2) is 0 Å². The molecular weight excluding hydrogens is 410 g/mol. The Morgan fingerprint density at radius 1 is 1.18 bits per heavy atom. The Hall–Kier alpha value is -1.22. The van der Waals surface area contributed by atoms with Crippen LogP contribution in [0.25, 0.3) is 21.7 Å². The Labute approximate surface area is 117 Å². The Kier molecular flexibility index (Phi) is 3.89. The van der Waals surface area contributed by atoms with Crippen molar-refractivity contribution in [2.45, 2.75) is 0 Å². The van der Waals surface area contributed by atoms with Gasteiger partial charge in [0.2, 0.25) is 0 Å². The number of nitrogens with zero attached hydrogens (tertiary/aromatic N) is 1. The number of hydrogen-bond acceptors (Lipinski definition) is 3. The minimum Gasteiger partial charge on any atom is -0.565 e. The zero-order valence-electron chi connectivity index (χ0n) is 8.72. The Morgan fingerprint density at radius 2 is 2.00 bits per heavy atom. The van der Waals surface area contributed by atoms with Gasteiger partial charge in [-0.15, -0.1) is 0 Å². The van der Waals surface area contributed by atoms with E-state index in [1.54, 1.807) is 23.8 Å². The molecule has 0 fully saturated rings. The van der Waals surface area contributed by atoms with E-state index in [2.05, 4.69) is 23.4 Å². The molecule has 0 amide bonds. The number of hydrogen-bond donors (Lipinski definition) is 0. The Bertz CT molecular complexity index is 575. The fourth-order valence-corrected chi connectivity index (χ4v) is 2.24. The second-order valence-corrected chi connectivity index (χ2v) is 4.22. The first-order chi connectivity index (χ1) is 7.95. The Morgan fingerprint density at radius 3 is 2.71 bits per heavy atom. The fourth-order valence-electron chi connectivity index (χ4n) is 1.60. The van der Waals surface area contributed by atoms with Crippen molar-refractivity contribution in [1.82, 2.24) is 4.98 Å². The quantitative estimate of drug-likeness (QED) is 0.591. The topological polar surface area (TPSA) is 26.0 Å². The summed E-state index contributed by atoms with van der Waals surface area (Å²) >= 11 is 1.59. The third-order valence-electron chi connectivity index (χ3n) is 2.34. The van der Waals surface area contributed by atoms with E-state index < -0.39 is 0 Å². The van der Waals surface area contributed by atoms with Gasteiger partial charge in [0.05, 0.1) is 0 Å². The molecule has 0 unspecified atom stereocenters. The van der Waals surface area contributed by atoms with Gasteiger partial charge in [-0.25, -0.2) is 0 Å². The van der Waals surface area contributed by atoms with Crippen molar-refractivity contribution in [1.29, 1.82) is 0 Å². The molecule has 2 aromatic heterocycles. The van der Waals surface area contributed by atoms with Gasteiger partial charge in [-0.2, -0.15) is 11.3 Å². The maximum absolute atomic E-state index is 5.17. The number of thiazole rings is 1.